The number of halogens is 1. The van der Waals surface area contributed by atoms with Gasteiger partial charge in [-0.25, -0.2) is 4.39 Å². The molecule has 0 unspecified atom stereocenters. The van der Waals surface area contributed by atoms with Crippen molar-refractivity contribution in [2.24, 2.45) is 0 Å². The lowest BCUT2D eigenvalue weighted by molar-refractivity contribution is -0.131. The van der Waals surface area contributed by atoms with E-state index in [-0.39, 0.29) is 17.9 Å². The molecule has 0 saturated heterocycles. The zero-order valence-electron chi connectivity index (χ0n) is 14.4. The minimum Gasteiger partial charge on any atom is -0.497 e. The molecule has 0 radical (unpaired) electrons. The first-order valence-corrected chi connectivity index (χ1v) is 7.72. The van der Waals surface area contributed by atoms with Crippen molar-refractivity contribution in [2.75, 3.05) is 14.2 Å². The quantitative estimate of drug-likeness (QED) is 0.344. The predicted molar refractivity (Wildman–Crippen MR) is 92.7 cm³/mol. The summed E-state index contributed by atoms with van der Waals surface area (Å²) in [4.78, 5) is 12.4. The van der Waals surface area contributed by atoms with E-state index < -0.39 is 17.8 Å². The van der Waals surface area contributed by atoms with Gasteiger partial charge in [-0.05, 0) is 17.7 Å². The Labute approximate surface area is 150 Å². The lowest BCUT2D eigenvalue weighted by Crippen LogP contribution is -2.30. The first-order valence-electron chi connectivity index (χ1n) is 7.72. The number of benzene rings is 2. The van der Waals surface area contributed by atoms with E-state index in [9.17, 15) is 9.18 Å². The number of hydroxylamine groups is 1. The number of nitrogens with one attached hydrogen (secondary N) is 3. The van der Waals surface area contributed by atoms with E-state index in [0.717, 1.165) is 5.56 Å². The van der Waals surface area contributed by atoms with E-state index >= 15 is 0 Å². The van der Waals surface area contributed by atoms with Crippen LogP contribution in [0.5, 0.6) is 5.75 Å². The van der Waals surface area contributed by atoms with Crippen LogP contribution in [0.2, 0.25) is 0 Å². The standard InChI is InChI=1S/C18H20FN3O4/c1-25-13-7-8-14(15(19)9-13)16(26-2)18(23)21-10-11-3-5-12(6-4-11)17(20)22-24/h3-9,16,24H,10H2,1-2H3,(H2,20,22)(H,21,23)/t16-/m0/s1. The summed E-state index contributed by atoms with van der Waals surface area (Å²) in [6, 6.07) is 10.9. The van der Waals surface area contributed by atoms with Crippen LogP contribution in [0.4, 0.5) is 4.39 Å². The van der Waals surface area contributed by atoms with Gasteiger partial charge in [0.25, 0.3) is 5.91 Å². The van der Waals surface area contributed by atoms with Crippen LogP contribution in [-0.4, -0.2) is 31.2 Å². The van der Waals surface area contributed by atoms with Crippen molar-refractivity contribution in [2.45, 2.75) is 12.6 Å². The van der Waals surface area contributed by atoms with Crippen molar-refractivity contribution < 1.29 is 23.9 Å². The van der Waals surface area contributed by atoms with Crippen molar-refractivity contribution in [1.29, 1.82) is 5.41 Å². The molecule has 138 valence electrons. The van der Waals surface area contributed by atoms with Gasteiger partial charge in [-0.15, -0.1) is 0 Å². The molecule has 8 heteroatoms. The molecule has 1 amide bonds. The Balaban J connectivity index is 2.04. The summed E-state index contributed by atoms with van der Waals surface area (Å²) < 4.78 is 24.3. The molecule has 0 spiro atoms. The van der Waals surface area contributed by atoms with Crippen molar-refractivity contribution in [1.82, 2.24) is 10.8 Å². The van der Waals surface area contributed by atoms with Gasteiger partial charge in [-0.1, -0.05) is 24.3 Å². The molecule has 0 aliphatic carbocycles. The van der Waals surface area contributed by atoms with Crippen LogP contribution in [0.3, 0.4) is 0 Å². The number of amidine groups is 1. The average Bonchev–Trinajstić information content (AvgIpc) is 2.67. The molecular weight excluding hydrogens is 341 g/mol. The highest BCUT2D eigenvalue weighted by Gasteiger charge is 2.23. The molecule has 1 atom stereocenters. The van der Waals surface area contributed by atoms with E-state index in [2.05, 4.69) is 5.32 Å². The van der Waals surface area contributed by atoms with Gasteiger partial charge in [0, 0.05) is 30.8 Å². The molecular formula is C18H20FN3O4. The maximum Gasteiger partial charge on any atom is 0.254 e. The fourth-order valence-electron chi connectivity index (χ4n) is 2.36. The van der Waals surface area contributed by atoms with E-state index in [1.54, 1.807) is 35.8 Å². The Hall–Kier alpha value is -2.97. The number of carbonyl (C=O) groups excluding carboxylic acids is 1. The number of ether oxygens (including phenoxy) is 2. The smallest absolute Gasteiger partial charge is 0.254 e. The highest BCUT2D eigenvalue weighted by molar-refractivity contribution is 5.95. The highest BCUT2D eigenvalue weighted by atomic mass is 19.1. The third-order valence-corrected chi connectivity index (χ3v) is 3.79. The molecule has 26 heavy (non-hydrogen) atoms. The first kappa shape index (κ1) is 19.4. The Morgan fingerprint density at radius 3 is 2.46 bits per heavy atom. The van der Waals surface area contributed by atoms with Crippen molar-refractivity contribution >= 4 is 11.7 Å². The van der Waals surface area contributed by atoms with Gasteiger partial charge in [-0.3, -0.25) is 20.9 Å². The predicted octanol–water partition coefficient (Wildman–Crippen LogP) is 2.14. The molecule has 4 N–H and O–H groups in total. The molecule has 0 bridgehead atoms. The third-order valence-electron chi connectivity index (χ3n) is 3.79. The summed E-state index contributed by atoms with van der Waals surface area (Å²) >= 11 is 0. The Morgan fingerprint density at radius 2 is 1.92 bits per heavy atom. The van der Waals surface area contributed by atoms with Crippen LogP contribution in [0.15, 0.2) is 42.5 Å². The molecule has 7 nitrogen and oxygen atoms in total. The summed E-state index contributed by atoms with van der Waals surface area (Å²) in [6.07, 6.45) is -1.09. The summed E-state index contributed by atoms with van der Waals surface area (Å²) in [5, 5.41) is 18.8. The second kappa shape index (κ2) is 8.93. The number of hydrogen-bond acceptors (Lipinski definition) is 5. The Kier molecular flexibility index (Phi) is 6.65. The third kappa shape index (κ3) is 4.56. The van der Waals surface area contributed by atoms with Crippen LogP contribution in [0.1, 0.15) is 22.8 Å². The van der Waals surface area contributed by atoms with Gasteiger partial charge >= 0.3 is 0 Å². The van der Waals surface area contributed by atoms with Gasteiger partial charge in [0.15, 0.2) is 6.10 Å². The number of methoxy groups -OCH3 is 2. The number of carbonyl (C=O) groups is 1. The maximum atomic E-state index is 14.2. The second-order valence-corrected chi connectivity index (χ2v) is 5.40. The molecule has 0 fully saturated rings. The van der Waals surface area contributed by atoms with Gasteiger partial charge in [0.1, 0.15) is 17.4 Å². The lowest BCUT2D eigenvalue weighted by Gasteiger charge is -2.17. The topological polar surface area (TPSA) is 104 Å². The van der Waals surface area contributed by atoms with Gasteiger partial charge < -0.3 is 14.8 Å². The van der Waals surface area contributed by atoms with Crippen LogP contribution in [-0.2, 0) is 16.1 Å². The summed E-state index contributed by atoms with van der Waals surface area (Å²) in [6.45, 7) is 0.205. The SMILES string of the molecule is COc1ccc([C@H](OC)C(=O)NCc2ccc(C(=N)NO)cc2)c(F)c1. The summed E-state index contributed by atoms with van der Waals surface area (Å²) in [7, 11) is 2.76. The number of hydrogen-bond donors (Lipinski definition) is 4. The maximum absolute atomic E-state index is 14.2. The van der Waals surface area contributed by atoms with Crippen molar-refractivity contribution in [3.05, 3.63) is 65.0 Å². The normalized spacial score (nSPS) is 11.5. The van der Waals surface area contributed by atoms with E-state index in [4.69, 9.17) is 20.1 Å². The Bertz CT molecular complexity index is 781. The zero-order chi connectivity index (χ0) is 19.1. The molecule has 0 aliphatic rings. The van der Waals surface area contributed by atoms with E-state index in [0.29, 0.717) is 11.3 Å². The van der Waals surface area contributed by atoms with Gasteiger partial charge in [-0.2, -0.15) is 0 Å². The average molecular weight is 361 g/mol. The zero-order valence-corrected chi connectivity index (χ0v) is 14.4. The van der Waals surface area contributed by atoms with E-state index in [1.807, 2.05) is 0 Å². The van der Waals surface area contributed by atoms with Crippen LogP contribution >= 0.6 is 0 Å². The summed E-state index contributed by atoms with van der Waals surface area (Å²) in [5.74, 6) is -0.851. The molecule has 0 aromatic heterocycles. The van der Waals surface area contributed by atoms with E-state index in [1.165, 1.54) is 26.4 Å². The largest absolute Gasteiger partial charge is 0.497 e. The molecule has 2 aromatic carbocycles. The highest BCUT2D eigenvalue weighted by Crippen LogP contribution is 2.24. The molecule has 2 rings (SSSR count). The second-order valence-electron chi connectivity index (χ2n) is 5.40. The molecule has 0 saturated carbocycles. The fourth-order valence-corrected chi connectivity index (χ4v) is 2.36. The van der Waals surface area contributed by atoms with Crippen LogP contribution < -0.4 is 15.5 Å². The lowest BCUT2D eigenvalue weighted by atomic mass is 10.1. The summed E-state index contributed by atoms with van der Waals surface area (Å²) in [5.41, 5.74) is 3.15. The van der Waals surface area contributed by atoms with Crippen molar-refractivity contribution in [3.63, 3.8) is 0 Å². The number of amides is 1. The van der Waals surface area contributed by atoms with Gasteiger partial charge in [0.05, 0.1) is 7.11 Å². The minimum atomic E-state index is -1.09. The minimum absolute atomic E-state index is 0.114. The number of rotatable bonds is 7. The molecule has 0 heterocycles. The van der Waals surface area contributed by atoms with Crippen LogP contribution in [0.25, 0.3) is 0 Å². The Morgan fingerprint density at radius 1 is 1.23 bits per heavy atom. The molecule has 2 aromatic rings. The molecule has 0 aliphatic heterocycles. The van der Waals surface area contributed by atoms with Crippen molar-refractivity contribution in [3.8, 4) is 5.75 Å². The monoisotopic (exact) mass is 361 g/mol. The first-order chi connectivity index (χ1) is 12.5. The fraction of sp³-hybridized carbons (Fsp3) is 0.222. The van der Waals surface area contributed by atoms with Crippen LogP contribution in [0, 0.1) is 11.2 Å². The van der Waals surface area contributed by atoms with Gasteiger partial charge in [0.2, 0.25) is 0 Å².